The lowest BCUT2D eigenvalue weighted by Crippen LogP contribution is -2.50. The van der Waals surface area contributed by atoms with E-state index in [0.717, 1.165) is 43.1 Å². The third-order valence-corrected chi connectivity index (χ3v) is 10.2. The molecular weight excluding hydrogens is 595 g/mol. The maximum absolute atomic E-state index is 17.5. The summed E-state index contributed by atoms with van der Waals surface area (Å²) in [6.07, 6.45) is 4.49. The Morgan fingerprint density at radius 3 is 2.77 bits per heavy atom. The predicted molar refractivity (Wildman–Crippen MR) is 178 cm³/mol. The highest BCUT2D eigenvalue weighted by molar-refractivity contribution is 6.15. The number of phenolic OH excluding ortho intramolecular Hbond substituents is 1. The predicted octanol–water partition coefficient (Wildman–Crippen LogP) is 5.71. The Morgan fingerprint density at radius 1 is 1.17 bits per heavy atom. The minimum Gasteiger partial charge on any atom is -0.508 e. The number of pyridine rings is 1. The lowest BCUT2D eigenvalue weighted by atomic mass is 9.74. The molecule has 2 saturated heterocycles. The minimum absolute atomic E-state index is 0.0118. The summed E-state index contributed by atoms with van der Waals surface area (Å²) in [4.78, 5) is 22.9. The number of carbonyl (C=O) groups is 1. The molecule has 2 N–H and O–H groups in total. The number of phenols is 1. The van der Waals surface area contributed by atoms with Crippen LogP contribution in [0.15, 0.2) is 42.5 Å². The zero-order chi connectivity index (χ0) is 32.7. The van der Waals surface area contributed by atoms with Crippen molar-refractivity contribution in [1.82, 2.24) is 15.2 Å². The largest absolute Gasteiger partial charge is 0.508 e. The molecule has 3 aliphatic heterocycles. The van der Waals surface area contributed by atoms with E-state index in [-0.39, 0.29) is 35.6 Å². The fraction of sp³-hybridized carbons (Fsp3) is 0.405. The molecule has 9 nitrogen and oxygen atoms in total. The van der Waals surface area contributed by atoms with Gasteiger partial charge in [0.15, 0.2) is 5.82 Å². The van der Waals surface area contributed by atoms with Gasteiger partial charge in [-0.25, -0.2) is 9.37 Å². The number of unbranched alkanes of at least 4 members (excludes halogenated alkanes) is 1. The molecule has 47 heavy (non-hydrogen) atoms. The van der Waals surface area contributed by atoms with E-state index in [1.54, 1.807) is 12.1 Å². The van der Waals surface area contributed by atoms with E-state index in [4.69, 9.17) is 9.72 Å². The van der Waals surface area contributed by atoms with Crippen molar-refractivity contribution in [2.45, 2.75) is 56.4 Å². The van der Waals surface area contributed by atoms with Crippen molar-refractivity contribution in [3.63, 3.8) is 0 Å². The Balaban J connectivity index is 1.54. The number of likely N-dealkylation sites (N-methyl/N-ethyl adjacent to an activating group) is 1. The molecule has 1 unspecified atom stereocenters. The molecule has 1 amide bonds. The average molecular weight is 633 g/mol. The van der Waals surface area contributed by atoms with Gasteiger partial charge in [-0.05, 0) is 98.8 Å². The van der Waals surface area contributed by atoms with Crippen LogP contribution in [-0.2, 0) is 16.6 Å². The summed E-state index contributed by atoms with van der Waals surface area (Å²) in [7, 11) is 2.05. The summed E-state index contributed by atoms with van der Waals surface area (Å²) >= 11 is 0. The molecule has 0 saturated carbocycles. The van der Waals surface area contributed by atoms with Crippen LogP contribution < -0.4 is 15.0 Å². The zero-order valence-corrected chi connectivity index (χ0v) is 26.5. The zero-order valence-electron chi connectivity index (χ0n) is 26.5. The van der Waals surface area contributed by atoms with Crippen molar-refractivity contribution in [1.29, 1.82) is 10.5 Å². The number of amides is 1. The van der Waals surface area contributed by atoms with E-state index < -0.39 is 11.2 Å². The van der Waals surface area contributed by atoms with Crippen LogP contribution in [0.25, 0.3) is 32.8 Å². The molecule has 240 valence electrons. The number of nitriles is 2. The molecule has 0 bridgehead atoms. The second kappa shape index (κ2) is 12.4. The number of hydrogen-bond acceptors (Lipinski definition) is 8. The number of hydrogen-bond donors (Lipinski definition) is 2. The van der Waals surface area contributed by atoms with Gasteiger partial charge in [0.1, 0.15) is 30.1 Å². The second-order valence-electron chi connectivity index (χ2n) is 13.0. The topological polar surface area (TPSA) is 126 Å². The third-order valence-electron chi connectivity index (χ3n) is 10.2. The Labute approximate surface area is 273 Å². The number of anilines is 1. The SMILES string of the molecule is CN1CCC[C@H]1COc1nc2c(F)c(-c3cc(O)cc4ccccc34)c(CCCC#N)cc2c2c1N(CC#N)C(=O)C21CCCNC1. The van der Waals surface area contributed by atoms with Crippen molar-refractivity contribution in [2.75, 3.05) is 44.7 Å². The molecule has 3 aliphatic rings. The Bertz CT molecular complexity index is 1980. The normalized spacial score (nSPS) is 21.0. The van der Waals surface area contributed by atoms with Crippen molar-refractivity contribution in [3.8, 4) is 34.9 Å². The van der Waals surface area contributed by atoms with Gasteiger partial charge in [0.25, 0.3) is 0 Å². The molecule has 1 spiro atoms. The Kier molecular flexibility index (Phi) is 8.17. The molecule has 3 aromatic carbocycles. The van der Waals surface area contributed by atoms with Crippen LogP contribution in [0.2, 0.25) is 0 Å². The van der Waals surface area contributed by atoms with Gasteiger partial charge < -0.3 is 20.1 Å². The first-order chi connectivity index (χ1) is 22.9. The van der Waals surface area contributed by atoms with Gasteiger partial charge in [0.05, 0.1) is 17.6 Å². The van der Waals surface area contributed by atoms with Crippen LogP contribution in [0.4, 0.5) is 10.1 Å². The van der Waals surface area contributed by atoms with Crippen LogP contribution in [0.5, 0.6) is 11.6 Å². The molecule has 1 aromatic heterocycles. The van der Waals surface area contributed by atoms with E-state index in [1.165, 1.54) is 4.90 Å². The van der Waals surface area contributed by atoms with Gasteiger partial charge in [0, 0.05) is 35.5 Å². The lowest BCUT2D eigenvalue weighted by molar-refractivity contribution is -0.123. The summed E-state index contributed by atoms with van der Waals surface area (Å²) in [6.45, 7) is 2.21. The van der Waals surface area contributed by atoms with Gasteiger partial charge in [-0.1, -0.05) is 24.3 Å². The van der Waals surface area contributed by atoms with Crippen molar-refractivity contribution >= 4 is 33.3 Å². The molecule has 0 aliphatic carbocycles. The molecule has 7 rings (SSSR count). The van der Waals surface area contributed by atoms with E-state index in [2.05, 4.69) is 22.4 Å². The molecule has 4 aromatic rings. The fourth-order valence-electron chi connectivity index (χ4n) is 7.92. The van der Waals surface area contributed by atoms with Gasteiger partial charge in [-0.2, -0.15) is 10.5 Å². The summed E-state index contributed by atoms with van der Waals surface area (Å²) in [6, 6.07) is 17.2. The first kappa shape index (κ1) is 30.9. The lowest BCUT2D eigenvalue weighted by Gasteiger charge is -2.33. The van der Waals surface area contributed by atoms with Gasteiger partial charge in [-0.3, -0.25) is 9.69 Å². The van der Waals surface area contributed by atoms with Gasteiger partial charge in [0.2, 0.25) is 11.8 Å². The number of benzene rings is 3. The quantitative estimate of drug-likeness (QED) is 0.187. The number of halogens is 1. The third kappa shape index (κ3) is 5.13. The van der Waals surface area contributed by atoms with Crippen molar-refractivity contribution < 1.29 is 19.0 Å². The molecule has 2 fully saturated rings. The van der Waals surface area contributed by atoms with Gasteiger partial charge in [-0.15, -0.1) is 0 Å². The number of ether oxygens (including phenoxy) is 1. The van der Waals surface area contributed by atoms with Crippen LogP contribution in [0.1, 0.15) is 49.7 Å². The summed E-state index contributed by atoms with van der Waals surface area (Å²) < 4.78 is 23.9. The number of fused-ring (bicyclic) bond motifs is 5. The monoisotopic (exact) mass is 632 g/mol. The number of nitrogens with zero attached hydrogens (tertiary/aromatic N) is 5. The minimum atomic E-state index is -1.01. The number of piperidine rings is 1. The van der Waals surface area contributed by atoms with E-state index >= 15 is 4.39 Å². The highest BCUT2D eigenvalue weighted by Gasteiger charge is 2.54. The highest BCUT2D eigenvalue weighted by atomic mass is 19.1. The van der Waals surface area contributed by atoms with Crippen LogP contribution in [0.3, 0.4) is 0 Å². The molecule has 0 radical (unpaired) electrons. The number of aromatic hydroxyl groups is 1. The Hall–Kier alpha value is -4.77. The number of nitrogens with one attached hydrogen (secondary N) is 1. The second-order valence-corrected chi connectivity index (χ2v) is 13.0. The van der Waals surface area contributed by atoms with Crippen LogP contribution in [-0.4, -0.2) is 66.8 Å². The average Bonchev–Trinajstić information content (AvgIpc) is 3.59. The van der Waals surface area contributed by atoms with Crippen LogP contribution >= 0.6 is 0 Å². The van der Waals surface area contributed by atoms with Gasteiger partial charge >= 0.3 is 0 Å². The number of rotatable bonds is 8. The Morgan fingerprint density at radius 2 is 2.02 bits per heavy atom. The number of likely N-dealkylation sites (tertiary alicyclic amines) is 1. The standard InChI is InChI=1S/C37H37FN6O3/c1-43-16-6-10-25(43)21-47-35-34-31(37(12-7-15-41-22-37)36(46)44(34)17-14-40)29-19-24(9-4-5-13-39)30(32(38)33(29)42-35)28-20-26(45)18-23-8-2-3-11-27(23)28/h2-3,8,11,18-20,25,41,45H,4-7,9-10,12,15-17,21-22H2,1H3/t25-,37?/m0/s1. The van der Waals surface area contributed by atoms with E-state index in [1.807, 2.05) is 37.4 Å². The molecule has 10 heteroatoms. The highest BCUT2D eigenvalue weighted by Crippen LogP contribution is 2.53. The van der Waals surface area contributed by atoms with Crippen molar-refractivity contribution in [2.24, 2.45) is 0 Å². The van der Waals surface area contributed by atoms with Crippen LogP contribution in [0, 0.1) is 28.5 Å². The first-order valence-corrected chi connectivity index (χ1v) is 16.4. The fourth-order valence-corrected chi connectivity index (χ4v) is 7.92. The summed E-state index contributed by atoms with van der Waals surface area (Å²) in [5, 5.41) is 35.4. The summed E-state index contributed by atoms with van der Waals surface area (Å²) in [5.74, 6) is -0.603. The van der Waals surface area contributed by atoms with E-state index in [0.29, 0.717) is 72.2 Å². The smallest absolute Gasteiger partial charge is 0.240 e. The summed E-state index contributed by atoms with van der Waals surface area (Å²) in [5.41, 5.74) is 1.68. The number of carbonyl (C=O) groups excluding carboxylic acids is 1. The maximum atomic E-state index is 17.5. The van der Waals surface area contributed by atoms with E-state index in [9.17, 15) is 20.4 Å². The maximum Gasteiger partial charge on any atom is 0.240 e. The number of aryl methyl sites for hydroxylation is 1. The molecule has 2 atom stereocenters. The molecular formula is C37H37FN6O3. The number of aromatic nitrogens is 1. The first-order valence-electron chi connectivity index (χ1n) is 16.4. The molecule has 4 heterocycles. The van der Waals surface area contributed by atoms with Crippen molar-refractivity contribution in [3.05, 3.63) is 59.4 Å².